The van der Waals surface area contributed by atoms with Crippen molar-refractivity contribution in [1.82, 2.24) is 25.2 Å². The highest BCUT2D eigenvalue weighted by atomic mass is 16.5. The first-order valence-corrected chi connectivity index (χ1v) is 5.33. The van der Waals surface area contributed by atoms with Gasteiger partial charge in [0, 0.05) is 6.20 Å². The Morgan fingerprint density at radius 3 is 2.56 bits per heavy atom. The van der Waals surface area contributed by atoms with Crippen LogP contribution in [0.3, 0.4) is 0 Å². The summed E-state index contributed by atoms with van der Waals surface area (Å²) in [6, 6.07) is 11.1. The Labute approximate surface area is 103 Å². The molecule has 3 rings (SSSR count). The molecule has 0 fully saturated rings. The maximum absolute atomic E-state index is 5.63. The number of pyridine rings is 1. The Morgan fingerprint density at radius 2 is 1.89 bits per heavy atom. The van der Waals surface area contributed by atoms with E-state index in [1.807, 2.05) is 36.4 Å². The molecule has 1 aromatic carbocycles. The fourth-order valence-corrected chi connectivity index (χ4v) is 1.49. The van der Waals surface area contributed by atoms with Gasteiger partial charge in [0.25, 0.3) is 0 Å². The number of tetrazole rings is 1. The minimum Gasteiger partial charge on any atom is -0.456 e. The number of aromatic nitrogens is 5. The first kappa shape index (κ1) is 10.4. The average molecular weight is 239 g/mol. The third-order valence-electron chi connectivity index (χ3n) is 2.32. The van der Waals surface area contributed by atoms with E-state index >= 15 is 0 Å². The van der Waals surface area contributed by atoms with Crippen LogP contribution in [-0.2, 0) is 0 Å². The van der Waals surface area contributed by atoms with Gasteiger partial charge in [0.05, 0.1) is 11.9 Å². The fourth-order valence-electron chi connectivity index (χ4n) is 1.49. The van der Waals surface area contributed by atoms with E-state index in [4.69, 9.17) is 4.74 Å². The Kier molecular flexibility index (Phi) is 2.67. The molecule has 2 heterocycles. The third-order valence-corrected chi connectivity index (χ3v) is 2.32. The van der Waals surface area contributed by atoms with Crippen molar-refractivity contribution in [3.05, 3.63) is 55.1 Å². The quantitative estimate of drug-likeness (QED) is 0.697. The molecule has 6 heteroatoms. The summed E-state index contributed by atoms with van der Waals surface area (Å²) in [6.07, 6.45) is 4.90. The SMILES string of the molecule is c1cncc(Oc2ccc(-n3cnnn3)cc2)c1. The molecule has 0 bridgehead atoms. The van der Waals surface area contributed by atoms with Crippen molar-refractivity contribution >= 4 is 0 Å². The van der Waals surface area contributed by atoms with Crippen LogP contribution in [0, 0.1) is 0 Å². The Bertz CT molecular complexity index is 607. The summed E-state index contributed by atoms with van der Waals surface area (Å²) < 4.78 is 7.20. The number of hydrogen-bond donors (Lipinski definition) is 0. The summed E-state index contributed by atoms with van der Waals surface area (Å²) in [5, 5.41) is 11.0. The summed E-state index contributed by atoms with van der Waals surface area (Å²) >= 11 is 0. The highest BCUT2D eigenvalue weighted by Gasteiger charge is 2.00. The van der Waals surface area contributed by atoms with E-state index in [1.54, 1.807) is 17.1 Å². The van der Waals surface area contributed by atoms with Crippen LogP contribution in [0.15, 0.2) is 55.1 Å². The lowest BCUT2D eigenvalue weighted by molar-refractivity contribution is 0.480. The van der Waals surface area contributed by atoms with Gasteiger partial charge in [-0.2, -0.15) is 0 Å². The normalized spacial score (nSPS) is 10.2. The first-order chi connectivity index (χ1) is 8.92. The molecule has 0 saturated carbocycles. The molecule has 0 aliphatic carbocycles. The number of nitrogens with zero attached hydrogens (tertiary/aromatic N) is 5. The second-order valence-corrected chi connectivity index (χ2v) is 3.54. The van der Waals surface area contributed by atoms with Gasteiger partial charge in [-0.05, 0) is 46.8 Å². The average Bonchev–Trinajstić information content (AvgIpc) is 2.95. The van der Waals surface area contributed by atoms with E-state index in [1.165, 1.54) is 6.33 Å². The van der Waals surface area contributed by atoms with Crippen molar-refractivity contribution in [2.45, 2.75) is 0 Å². The summed E-state index contributed by atoms with van der Waals surface area (Å²) in [5.41, 5.74) is 0.874. The van der Waals surface area contributed by atoms with Crippen LogP contribution in [0.5, 0.6) is 11.5 Å². The molecule has 0 aliphatic heterocycles. The van der Waals surface area contributed by atoms with Gasteiger partial charge < -0.3 is 4.74 Å². The van der Waals surface area contributed by atoms with E-state index in [0.717, 1.165) is 11.4 Å². The van der Waals surface area contributed by atoms with Crippen molar-refractivity contribution in [3.63, 3.8) is 0 Å². The van der Waals surface area contributed by atoms with Crippen molar-refractivity contribution < 1.29 is 4.74 Å². The highest BCUT2D eigenvalue weighted by molar-refractivity contribution is 5.38. The lowest BCUT2D eigenvalue weighted by Gasteiger charge is -2.05. The van der Waals surface area contributed by atoms with Crippen LogP contribution in [0.25, 0.3) is 5.69 Å². The zero-order valence-electron chi connectivity index (χ0n) is 9.34. The van der Waals surface area contributed by atoms with E-state index < -0.39 is 0 Å². The second kappa shape index (κ2) is 4.62. The molecule has 0 amide bonds. The van der Waals surface area contributed by atoms with Gasteiger partial charge in [0.15, 0.2) is 0 Å². The number of benzene rings is 1. The topological polar surface area (TPSA) is 65.7 Å². The predicted molar refractivity (Wildman–Crippen MR) is 63.5 cm³/mol. The van der Waals surface area contributed by atoms with Crippen molar-refractivity contribution in [1.29, 1.82) is 0 Å². The van der Waals surface area contributed by atoms with Gasteiger partial charge in [0.2, 0.25) is 0 Å². The van der Waals surface area contributed by atoms with Gasteiger partial charge in [-0.15, -0.1) is 5.10 Å². The Morgan fingerprint density at radius 1 is 1.00 bits per heavy atom. The summed E-state index contributed by atoms with van der Waals surface area (Å²) in [5.74, 6) is 1.44. The van der Waals surface area contributed by atoms with Gasteiger partial charge >= 0.3 is 0 Å². The van der Waals surface area contributed by atoms with E-state index in [0.29, 0.717) is 5.75 Å². The van der Waals surface area contributed by atoms with Crippen LogP contribution in [0.4, 0.5) is 0 Å². The van der Waals surface area contributed by atoms with E-state index in [2.05, 4.69) is 20.5 Å². The summed E-state index contributed by atoms with van der Waals surface area (Å²) in [6.45, 7) is 0. The Hall–Kier alpha value is -2.76. The molecule has 6 nitrogen and oxygen atoms in total. The molecule has 0 saturated heterocycles. The van der Waals surface area contributed by atoms with Crippen LogP contribution >= 0.6 is 0 Å². The maximum atomic E-state index is 5.63. The standard InChI is InChI=1S/C12H9N5O/c1-2-12(8-13-7-1)18-11-5-3-10(4-6-11)17-9-14-15-16-17/h1-9H. The minimum absolute atomic E-state index is 0.702. The molecular weight excluding hydrogens is 230 g/mol. The predicted octanol–water partition coefficient (Wildman–Crippen LogP) is 1.85. The first-order valence-electron chi connectivity index (χ1n) is 5.33. The lowest BCUT2D eigenvalue weighted by Crippen LogP contribution is -1.94. The van der Waals surface area contributed by atoms with Crippen molar-refractivity contribution in [3.8, 4) is 17.2 Å². The molecule has 88 valence electrons. The summed E-state index contributed by atoms with van der Waals surface area (Å²) in [7, 11) is 0. The molecule has 0 spiro atoms. The monoisotopic (exact) mass is 239 g/mol. The van der Waals surface area contributed by atoms with Crippen molar-refractivity contribution in [2.24, 2.45) is 0 Å². The largest absolute Gasteiger partial charge is 0.456 e. The van der Waals surface area contributed by atoms with Gasteiger partial charge in [-0.25, -0.2) is 4.68 Å². The zero-order chi connectivity index (χ0) is 12.2. The van der Waals surface area contributed by atoms with Crippen molar-refractivity contribution in [2.75, 3.05) is 0 Å². The lowest BCUT2D eigenvalue weighted by atomic mass is 10.3. The molecule has 0 aliphatic rings. The van der Waals surface area contributed by atoms with Gasteiger partial charge in [-0.3, -0.25) is 4.98 Å². The molecular formula is C12H9N5O. The molecule has 0 N–H and O–H groups in total. The Balaban J connectivity index is 1.80. The molecule has 18 heavy (non-hydrogen) atoms. The van der Waals surface area contributed by atoms with Gasteiger partial charge in [-0.1, -0.05) is 0 Å². The van der Waals surface area contributed by atoms with Crippen LogP contribution in [0.2, 0.25) is 0 Å². The van der Waals surface area contributed by atoms with E-state index in [-0.39, 0.29) is 0 Å². The van der Waals surface area contributed by atoms with Crippen LogP contribution in [-0.4, -0.2) is 25.2 Å². The molecule has 0 unspecified atom stereocenters. The maximum Gasteiger partial charge on any atom is 0.145 e. The highest BCUT2D eigenvalue weighted by Crippen LogP contribution is 2.21. The number of rotatable bonds is 3. The summed E-state index contributed by atoms with van der Waals surface area (Å²) in [4.78, 5) is 3.98. The molecule has 0 atom stereocenters. The fraction of sp³-hybridized carbons (Fsp3) is 0. The van der Waals surface area contributed by atoms with Crippen LogP contribution in [0.1, 0.15) is 0 Å². The van der Waals surface area contributed by atoms with E-state index in [9.17, 15) is 0 Å². The van der Waals surface area contributed by atoms with Gasteiger partial charge in [0.1, 0.15) is 17.8 Å². The molecule has 2 aromatic heterocycles. The molecule has 0 radical (unpaired) electrons. The second-order valence-electron chi connectivity index (χ2n) is 3.54. The number of hydrogen-bond acceptors (Lipinski definition) is 5. The number of ether oxygens (including phenoxy) is 1. The van der Waals surface area contributed by atoms with Crippen LogP contribution < -0.4 is 4.74 Å². The zero-order valence-corrected chi connectivity index (χ0v) is 9.34. The smallest absolute Gasteiger partial charge is 0.145 e. The third kappa shape index (κ3) is 2.17. The minimum atomic E-state index is 0.702. The molecule has 3 aromatic rings.